The first-order valence-electron chi connectivity index (χ1n) is 10.4. The maximum Gasteiger partial charge on any atom is 0.258 e. The third-order valence-electron chi connectivity index (χ3n) is 5.20. The first-order chi connectivity index (χ1) is 15.3. The molecule has 0 saturated heterocycles. The van der Waals surface area contributed by atoms with E-state index in [1.165, 1.54) is 0 Å². The van der Waals surface area contributed by atoms with E-state index >= 15 is 0 Å². The molecule has 7 nitrogen and oxygen atoms in total. The van der Waals surface area contributed by atoms with Gasteiger partial charge in [-0.1, -0.05) is 37.0 Å². The molecule has 2 heterocycles. The summed E-state index contributed by atoms with van der Waals surface area (Å²) < 4.78 is 0. The molecule has 0 radical (unpaired) electrons. The summed E-state index contributed by atoms with van der Waals surface area (Å²) in [4.78, 5) is 42.0. The molecular formula is C23H23Cl2N5O2. The van der Waals surface area contributed by atoms with Crippen molar-refractivity contribution < 1.29 is 0 Å². The van der Waals surface area contributed by atoms with Crippen molar-refractivity contribution in [2.75, 3.05) is 6.54 Å². The molecule has 32 heavy (non-hydrogen) atoms. The minimum Gasteiger partial charge on any atom is -0.309 e. The van der Waals surface area contributed by atoms with Crippen LogP contribution in [-0.4, -0.2) is 31.4 Å². The van der Waals surface area contributed by atoms with Crippen LogP contribution >= 0.6 is 23.2 Å². The molecule has 2 aromatic carbocycles. The molecule has 166 valence electrons. The lowest BCUT2D eigenvalue weighted by Crippen LogP contribution is -2.29. The maximum atomic E-state index is 12.5. The van der Waals surface area contributed by atoms with E-state index in [-0.39, 0.29) is 11.1 Å². The van der Waals surface area contributed by atoms with E-state index in [0.29, 0.717) is 62.5 Å². The highest BCUT2D eigenvalue weighted by Gasteiger charge is 2.14. The van der Waals surface area contributed by atoms with Gasteiger partial charge < -0.3 is 9.97 Å². The van der Waals surface area contributed by atoms with Gasteiger partial charge in [0.2, 0.25) is 0 Å². The number of fused-ring (bicyclic) bond motifs is 2. The molecule has 0 bridgehead atoms. The van der Waals surface area contributed by atoms with Crippen LogP contribution in [0.1, 0.15) is 31.9 Å². The molecule has 0 unspecified atom stereocenters. The minimum absolute atomic E-state index is 0.211. The highest BCUT2D eigenvalue weighted by atomic mass is 35.5. The minimum atomic E-state index is -0.211. The van der Waals surface area contributed by atoms with Crippen molar-refractivity contribution in [1.82, 2.24) is 24.8 Å². The molecule has 9 heteroatoms. The molecular weight excluding hydrogens is 449 g/mol. The Kier molecular flexibility index (Phi) is 6.60. The molecule has 0 aliphatic rings. The third kappa shape index (κ3) is 5.18. The Balaban J connectivity index is 1.66. The van der Waals surface area contributed by atoms with Crippen LogP contribution in [-0.2, 0) is 13.1 Å². The Labute approximate surface area is 194 Å². The zero-order valence-electron chi connectivity index (χ0n) is 17.8. The number of nitrogens with zero attached hydrogens (tertiary/aromatic N) is 3. The van der Waals surface area contributed by atoms with Crippen LogP contribution in [0.25, 0.3) is 21.8 Å². The van der Waals surface area contributed by atoms with Crippen LogP contribution < -0.4 is 11.1 Å². The van der Waals surface area contributed by atoms with Crippen molar-refractivity contribution in [2.45, 2.75) is 33.4 Å². The average molecular weight is 472 g/mol. The van der Waals surface area contributed by atoms with Gasteiger partial charge in [0, 0.05) is 10.0 Å². The van der Waals surface area contributed by atoms with Gasteiger partial charge in [0.05, 0.1) is 34.9 Å². The van der Waals surface area contributed by atoms with Crippen LogP contribution in [0.5, 0.6) is 0 Å². The molecule has 0 spiro atoms. The summed E-state index contributed by atoms with van der Waals surface area (Å²) >= 11 is 12.2. The normalized spacial score (nSPS) is 11.8. The number of nitrogens with one attached hydrogen (secondary N) is 2. The molecule has 0 saturated carbocycles. The largest absolute Gasteiger partial charge is 0.309 e. The topological polar surface area (TPSA) is 94.7 Å². The van der Waals surface area contributed by atoms with Gasteiger partial charge in [0.25, 0.3) is 11.1 Å². The lowest BCUT2D eigenvalue weighted by atomic mass is 10.1. The molecule has 0 amide bonds. The molecule has 4 rings (SSSR count). The van der Waals surface area contributed by atoms with E-state index < -0.39 is 0 Å². The van der Waals surface area contributed by atoms with Crippen molar-refractivity contribution in [2.24, 2.45) is 5.92 Å². The van der Waals surface area contributed by atoms with Crippen molar-refractivity contribution in [3.05, 3.63) is 78.8 Å². The van der Waals surface area contributed by atoms with E-state index in [2.05, 4.69) is 38.7 Å². The Morgan fingerprint density at radius 2 is 1.31 bits per heavy atom. The predicted octanol–water partition coefficient (Wildman–Crippen LogP) is 4.51. The van der Waals surface area contributed by atoms with Crippen LogP contribution in [0.3, 0.4) is 0 Å². The van der Waals surface area contributed by atoms with Crippen LogP contribution in [0.4, 0.5) is 0 Å². The number of aromatic nitrogens is 4. The van der Waals surface area contributed by atoms with E-state index in [1.54, 1.807) is 36.4 Å². The standard InChI is InChI=1S/C23H23Cl2N5O2/c1-13(2)7-8-30(11-20-26-18-9-14(24)3-5-16(18)22(31)28-20)12-21-27-19-10-15(25)4-6-17(19)23(32)29-21/h3-6,9-10,13H,7-8,11-12H2,1-2H3,(H,26,28,31)(H,27,29,32). The lowest BCUT2D eigenvalue weighted by Gasteiger charge is -2.22. The molecule has 0 fully saturated rings. The number of halogens is 2. The van der Waals surface area contributed by atoms with Gasteiger partial charge >= 0.3 is 0 Å². The van der Waals surface area contributed by atoms with Crippen molar-refractivity contribution in [1.29, 1.82) is 0 Å². The molecule has 2 N–H and O–H groups in total. The van der Waals surface area contributed by atoms with Crippen molar-refractivity contribution in [3.8, 4) is 0 Å². The van der Waals surface area contributed by atoms with Gasteiger partial charge in [-0.15, -0.1) is 0 Å². The van der Waals surface area contributed by atoms with E-state index in [0.717, 1.165) is 13.0 Å². The first-order valence-corrected chi connectivity index (χ1v) is 11.1. The van der Waals surface area contributed by atoms with Gasteiger partial charge in [0.15, 0.2) is 0 Å². The predicted molar refractivity (Wildman–Crippen MR) is 128 cm³/mol. The fourth-order valence-corrected chi connectivity index (χ4v) is 3.88. The van der Waals surface area contributed by atoms with E-state index in [1.807, 2.05) is 0 Å². The Bertz CT molecular complexity index is 1300. The van der Waals surface area contributed by atoms with Crippen molar-refractivity contribution >= 4 is 45.0 Å². The van der Waals surface area contributed by atoms with Gasteiger partial charge in [-0.05, 0) is 55.3 Å². The average Bonchev–Trinajstić information content (AvgIpc) is 2.71. The molecule has 4 aromatic rings. The first kappa shape index (κ1) is 22.5. The highest BCUT2D eigenvalue weighted by molar-refractivity contribution is 6.31. The number of H-pyrrole nitrogens is 2. The second-order valence-electron chi connectivity index (χ2n) is 8.24. The summed E-state index contributed by atoms with van der Waals surface area (Å²) in [7, 11) is 0. The quantitative estimate of drug-likeness (QED) is 0.413. The summed E-state index contributed by atoms with van der Waals surface area (Å²) in [6.07, 6.45) is 0.938. The molecule has 0 aliphatic heterocycles. The lowest BCUT2D eigenvalue weighted by molar-refractivity contribution is 0.230. The number of benzene rings is 2. The molecule has 0 aliphatic carbocycles. The number of aromatic amines is 2. The summed E-state index contributed by atoms with van der Waals surface area (Å²) in [6.45, 7) is 5.82. The smallest absolute Gasteiger partial charge is 0.258 e. The molecule has 0 atom stereocenters. The van der Waals surface area contributed by atoms with Crippen molar-refractivity contribution in [3.63, 3.8) is 0 Å². The third-order valence-corrected chi connectivity index (χ3v) is 5.67. The Morgan fingerprint density at radius 3 is 1.75 bits per heavy atom. The highest BCUT2D eigenvalue weighted by Crippen LogP contribution is 2.17. The number of hydrogen-bond acceptors (Lipinski definition) is 5. The van der Waals surface area contributed by atoms with Crippen LogP contribution in [0.15, 0.2) is 46.0 Å². The second kappa shape index (κ2) is 9.40. The fraction of sp³-hybridized carbons (Fsp3) is 0.304. The Hall–Kier alpha value is -2.74. The zero-order chi connectivity index (χ0) is 22.8. The van der Waals surface area contributed by atoms with Gasteiger partial charge in [-0.2, -0.15) is 0 Å². The van der Waals surface area contributed by atoms with Gasteiger partial charge in [0.1, 0.15) is 11.6 Å². The summed E-state index contributed by atoms with van der Waals surface area (Å²) in [6, 6.07) is 10.0. The Morgan fingerprint density at radius 1 is 0.844 bits per heavy atom. The van der Waals surface area contributed by atoms with E-state index in [9.17, 15) is 9.59 Å². The SMILES string of the molecule is CC(C)CCN(Cc1nc2cc(Cl)ccc2c(=O)[nH]1)Cc1nc2cc(Cl)ccc2c(=O)[nH]1. The fourth-order valence-electron chi connectivity index (χ4n) is 3.55. The monoisotopic (exact) mass is 471 g/mol. The van der Waals surface area contributed by atoms with E-state index in [4.69, 9.17) is 23.2 Å². The van der Waals surface area contributed by atoms with Gasteiger partial charge in [-0.3, -0.25) is 14.5 Å². The molecule has 2 aromatic heterocycles. The van der Waals surface area contributed by atoms with Crippen LogP contribution in [0.2, 0.25) is 10.0 Å². The number of rotatable bonds is 7. The summed E-state index contributed by atoms with van der Waals surface area (Å²) in [5, 5.41) is 2.03. The number of hydrogen-bond donors (Lipinski definition) is 2. The second-order valence-corrected chi connectivity index (χ2v) is 9.11. The summed E-state index contributed by atoms with van der Waals surface area (Å²) in [5.74, 6) is 1.54. The maximum absolute atomic E-state index is 12.5. The van der Waals surface area contributed by atoms with Crippen LogP contribution in [0, 0.1) is 5.92 Å². The van der Waals surface area contributed by atoms with Gasteiger partial charge in [-0.25, -0.2) is 9.97 Å². The summed E-state index contributed by atoms with van der Waals surface area (Å²) in [5.41, 5.74) is 0.675. The zero-order valence-corrected chi connectivity index (χ0v) is 19.3.